The van der Waals surface area contributed by atoms with E-state index in [4.69, 9.17) is 10.7 Å². The van der Waals surface area contributed by atoms with Gasteiger partial charge in [0.1, 0.15) is 9.71 Å². The zero-order valence-electron chi connectivity index (χ0n) is 14.7. The first-order valence-corrected chi connectivity index (χ1v) is 9.60. The molecule has 1 amide bonds. The molecule has 0 bridgehead atoms. The lowest BCUT2D eigenvalue weighted by atomic mass is 10.1. The summed E-state index contributed by atoms with van der Waals surface area (Å²) in [7, 11) is 0. The number of rotatable bonds is 5. The van der Waals surface area contributed by atoms with Crippen LogP contribution in [0.5, 0.6) is 0 Å². The fourth-order valence-corrected chi connectivity index (χ4v) is 3.99. The summed E-state index contributed by atoms with van der Waals surface area (Å²) < 4.78 is 0. The van der Waals surface area contributed by atoms with Crippen LogP contribution in [0.15, 0.2) is 72.8 Å². The van der Waals surface area contributed by atoms with Gasteiger partial charge >= 0.3 is 0 Å². The molecule has 0 radical (unpaired) electrons. The van der Waals surface area contributed by atoms with E-state index in [2.05, 4.69) is 17.4 Å². The number of pyridine rings is 1. The second-order valence-electron chi connectivity index (χ2n) is 6.25. The van der Waals surface area contributed by atoms with Gasteiger partial charge in [0, 0.05) is 17.5 Å². The number of benzene rings is 2. The van der Waals surface area contributed by atoms with Crippen molar-refractivity contribution in [2.45, 2.75) is 6.42 Å². The van der Waals surface area contributed by atoms with E-state index in [9.17, 15) is 4.79 Å². The van der Waals surface area contributed by atoms with Gasteiger partial charge in [-0.25, -0.2) is 4.98 Å². The minimum atomic E-state index is -0.146. The molecule has 4 aromatic rings. The number of nitrogens with one attached hydrogen (secondary N) is 1. The van der Waals surface area contributed by atoms with E-state index in [1.54, 1.807) is 0 Å². The van der Waals surface area contributed by atoms with Gasteiger partial charge in [0.2, 0.25) is 0 Å². The quantitative estimate of drug-likeness (QED) is 0.540. The number of nitrogens with zero attached hydrogens (tertiary/aromatic N) is 1. The molecule has 0 aliphatic heterocycles. The van der Waals surface area contributed by atoms with Crippen LogP contribution in [-0.2, 0) is 6.42 Å². The van der Waals surface area contributed by atoms with Crippen molar-refractivity contribution >= 4 is 33.1 Å². The predicted octanol–water partition coefficient (Wildman–Crippen LogP) is 4.52. The molecule has 5 heteroatoms. The molecule has 2 aromatic heterocycles. The van der Waals surface area contributed by atoms with Crippen LogP contribution in [0.25, 0.3) is 21.5 Å². The van der Waals surface area contributed by atoms with Gasteiger partial charge in [0.15, 0.2) is 0 Å². The lowest BCUT2D eigenvalue weighted by Crippen LogP contribution is -2.25. The van der Waals surface area contributed by atoms with Gasteiger partial charge in [-0.15, -0.1) is 11.3 Å². The maximum absolute atomic E-state index is 12.6. The summed E-state index contributed by atoms with van der Waals surface area (Å²) in [6.07, 6.45) is 0.786. The highest BCUT2D eigenvalue weighted by Crippen LogP contribution is 2.34. The molecule has 0 unspecified atom stereocenters. The third-order valence-electron chi connectivity index (χ3n) is 4.41. The smallest absolute Gasteiger partial charge is 0.263 e. The summed E-state index contributed by atoms with van der Waals surface area (Å²) in [5, 5.41) is 3.79. The summed E-state index contributed by atoms with van der Waals surface area (Å²) in [5.74, 6) is -0.146. The molecule has 0 saturated carbocycles. The van der Waals surface area contributed by atoms with Crippen LogP contribution < -0.4 is 11.1 Å². The Hall–Kier alpha value is -3.18. The molecule has 134 valence electrons. The van der Waals surface area contributed by atoms with E-state index in [1.807, 2.05) is 60.7 Å². The van der Waals surface area contributed by atoms with Crippen LogP contribution in [0, 0.1) is 0 Å². The van der Waals surface area contributed by atoms with E-state index >= 15 is 0 Å². The number of anilines is 1. The minimum Gasteiger partial charge on any atom is -0.397 e. The van der Waals surface area contributed by atoms with Crippen LogP contribution in [0.3, 0.4) is 0 Å². The molecule has 0 fully saturated rings. The Kier molecular flexibility index (Phi) is 4.85. The lowest BCUT2D eigenvalue weighted by Gasteiger charge is -2.04. The molecule has 0 saturated heterocycles. The van der Waals surface area contributed by atoms with E-state index in [-0.39, 0.29) is 5.91 Å². The summed E-state index contributed by atoms with van der Waals surface area (Å²) >= 11 is 1.34. The number of nitrogen functional groups attached to an aromatic ring is 1. The Labute approximate surface area is 161 Å². The molecule has 4 rings (SSSR count). The number of thiophene rings is 1. The van der Waals surface area contributed by atoms with Gasteiger partial charge in [0.25, 0.3) is 5.91 Å². The Morgan fingerprint density at radius 2 is 1.67 bits per heavy atom. The highest BCUT2D eigenvalue weighted by molar-refractivity contribution is 7.21. The summed E-state index contributed by atoms with van der Waals surface area (Å²) in [6.45, 7) is 0.569. The molecule has 2 heterocycles. The molecular formula is C22H19N3OS. The van der Waals surface area contributed by atoms with Gasteiger partial charge in [-0.2, -0.15) is 0 Å². The SMILES string of the molecule is Nc1c(C(=O)NCCc2ccccc2)sc2nc(-c3ccccc3)ccc12. The van der Waals surface area contributed by atoms with Crippen molar-refractivity contribution in [3.63, 3.8) is 0 Å². The molecular weight excluding hydrogens is 354 g/mol. The predicted molar refractivity (Wildman–Crippen MR) is 112 cm³/mol. The van der Waals surface area contributed by atoms with Crippen molar-refractivity contribution in [1.29, 1.82) is 0 Å². The van der Waals surface area contributed by atoms with Crippen LogP contribution >= 0.6 is 11.3 Å². The fourth-order valence-electron chi connectivity index (χ4n) is 2.98. The molecule has 0 atom stereocenters. The van der Waals surface area contributed by atoms with Gasteiger partial charge in [0.05, 0.1) is 11.4 Å². The molecule has 2 aromatic carbocycles. The van der Waals surface area contributed by atoms with E-state index in [0.29, 0.717) is 17.1 Å². The summed E-state index contributed by atoms with van der Waals surface area (Å²) in [5.41, 5.74) is 9.83. The molecule has 4 nitrogen and oxygen atoms in total. The maximum Gasteiger partial charge on any atom is 0.263 e. The van der Waals surface area contributed by atoms with Crippen molar-refractivity contribution < 1.29 is 4.79 Å². The number of nitrogens with two attached hydrogens (primary N) is 1. The fraction of sp³-hybridized carbons (Fsp3) is 0.0909. The standard InChI is InChI=1S/C22H19N3OS/c23-19-17-11-12-18(16-9-5-2-6-10-16)25-22(17)27-20(19)21(26)24-14-13-15-7-3-1-4-8-15/h1-12H,13-14,23H2,(H,24,26). The number of amides is 1. The van der Waals surface area contributed by atoms with Crippen LogP contribution in [0.4, 0.5) is 5.69 Å². The molecule has 0 spiro atoms. The average molecular weight is 373 g/mol. The van der Waals surface area contributed by atoms with Gasteiger partial charge < -0.3 is 11.1 Å². The number of carbonyl (C=O) groups excluding carboxylic acids is 1. The summed E-state index contributed by atoms with van der Waals surface area (Å²) in [4.78, 5) is 18.6. The van der Waals surface area contributed by atoms with Crippen molar-refractivity contribution in [3.8, 4) is 11.3 Å². The zero-order chi connectivity index (χ0) is 18.6. The largest absolute Gasteiger partial charge is 0.397 e. The highest BCUT2D eigenvalue weighted by atomic mass is 32.1. The molecule has 27 heavy (non-hydrogen) atoms. The monoisotopic (exact) mass is 373 g/mol. The number of fused-ring (bicyclic) bond motifs is 1. The first-order chi connectivity index (χ1) is 13.2. The van der Waals surface area contributed by atoms with E-state index in [1.165, 1.54) is 16.9 Å². The number of hydrogen-bond donors (Lipinski definition) is 2. The molecule has 0 aliphatic rings. The van der Waals surface area contributed by atoms with Crippen molar-refractivity contribution in [2.24, 2.45) is 0 Å². The molecule has 0 aliphatic carbocycles. The first-order valence-electron chi connectivity index (χ1n) is 8.79. The van der Waals surface area contributed by atoms with Crippen LogP contribution in [0.2, 0.25) is 0 Å². The normalized spacial score (nSPS) is 10.8. The second kappa shape index (κ2) is 7.60. The van der Waals surface area contributed by atoms with Crippen LogP contribution in [-0.4, -0.2) is 17.4 Å². The van der Waals surface area contributed by atoms with Gasteiger partial charge in [-0.1, -0.05) is 60.7 Å². The Morgan fingerprint density at radius 3 is 2.41 bits per heavy atom. The van der Waals surface area contributed by atoms with Crippen molar-refractivity contribution in [1.82, 2.24) is 10.3 Å². The number of carbonyl (C=O) groups is 1. The van der Waals surface area contributed by atoms with Gasteiger partial charge in [-0.3, -0.25) is 4.79 Å². The minimum absolute atomic E-state index is 0.146. The third-order valence-corrected chi connectivity index (χ3v) is 5.53. The number of aromatic nitrogens is 1. The topological polar surface area (TPSA) is 68.0 Å². The van der Waals surface area contributed by atoms with Crippen molar-refractivity contribution in [2.75, 3.05) is 12.3 Å². The van der Waals surface area contributed by atoms with E-state index < -0.39 is 0 Å². The van der Waals surface area contributed by atoms with Gasteiger partial charge in [-0.05, 0) is 24.1 Å². The number of hydrogen-bond acceptors (Lipinski definition) is 4. The lowest BCUT2D eigenvalue weighted by molar-refractivity contribution is 0.0959. The second-order valence-corrected chi connectivity index (χ2v) is 7.25. The maximum atomic E-state index is 12.6. The average Bonchev–Trinajstić information content (AvgIpc) is 3.05. The first kappa shape index (κ1) is 17.2. The van der Waals surface area contributed by atoms with Crippen molar-refractivity contribution in [3.05, 3.63) is 83.2 Å². The van der Waals surface area contributed by atoms with E-state index in [0.717, 1.165) is 27.9 Å². The van der Waals surface area contributed by atoms with Crippen LogP contribution in [0.1, 0.15) is 15.2 Å². The highest BCUT2D eigenvalue weighted by Gasteiger charge is 2.17. The Morgan fingerprint density at radius 1 is 0.963 bits per heavy atom. The zero-order valence-corrected chi connectivity index (χ0v) is 15.5. The Bertz CT molecular complexity index is 1070. The third kappa shape index (κ3) is 3.68. The Balaban J connectivity index is 1.53. The summed E-state index contributed by atoms with van der Waals surface area (Å²) in [6, 6.07) is 23.9. The molecule has 3 N–H and O–H groups in total.